The largest absolute Gasteiger partial charge is 0.477 e. The zero-order valence-electron chi connectivity index (χ0n) is 11.0. The molecule has 2 N–H and O–H groups in total. The van der Waals surface area contributed by atoms with Gasteiger partial charge in [-0.15, -0.1) is 0 Å². The van der Waals surface area contributed by atoms with Gasteiger partial charge in [0.2, 0.25) is 0 Å². The van der Waals surface area contributed by atoms with Crippen molar-refractivity contribution in [1.29, 1.82) is 0 Å². The van der Waals surface area contributed by atoms with E-state index in [-0.39, 0.29) is 0 Å². The summed E-state index contributed by atoms with van der Waals surface area (Å²) in [6, 6.07) is 5.91. The molecule has 17 heavy (non-hydrogen) atoms. The summed E-state index contributed by atoms with van der Waals surface area (Å²) in [5, 5.41) is 0. The van der Waals surface area contributed by atoms with Gasteiger partial charge in [0, 0.05) is 0 Å². The Balaban J connectivity index is 3.06. The Morgan fingerprint density at radius 2 is 1.88 bits per heavy atom. The molecule has 0 spiro atoms. The van der Waals surface area contributed by atoms with Gasteiger partial charge < -0.3 is 10.5 Å². The molecule has 0 heterocycles. The van der Waals surface area contributed by atoms with E-state index in [1.165, 1.54) is 0 Å². The number of carbonyl (C=O) groups excluding carboxylic acids is 1. The molecule has 0 aliphatic heterocycles. The highest BCUT2D eigenvalue weighted by Gasteiger charge is 2.33. The number of hydrogen-bond donors (Lipinski definition) is 1. The minimum Gasteiger partial charge on any atom is -0.477 e. The lowest BCUT2D eigenvalue weighted by Gasteiger charge is -2.28. The molecule has 0 fully saturated rings. The van der Waals surface area contributed by atoms with Crippen molar-refractivity contribution in [2.45, 2.75) is 46.1 Å². The van der Waals surface area contributed by atoms with E-state index in [4.69, 9.17) is 10.5 Å². The summed E-state index contributed by atoms with van der Waals surface area (Å²) >= 11 is 0. The van der Waals surface area contributed by atoms with Crippen molar-refractivity contribution in [1.82, 2.24) is 0 Å². The monoisotopic (exact) mass is 235 g/mol. The van der Waals surface area contributed by atoms with Gasteiger partial charge in [-0.05, 0) is 38.3 Å². The van der Waals surface area contributed by atoms with Gasteiger partial charge in [-0.25, -0.2) is 0 Å². The van der Waals surface area contributed by atoms with E-state index in [2.05, 4.69) is 0 Å². The van der Waals surface area contributed by atoms with Crippen LogP contribution in [-0.2, 0) is 4.79 Å². The predicted octanol–water partition coefficient (Wildman–Crippen LogP) is 2.73. The van der Waals surface area contributed by atoms with E-state index in [0.717, 1.165) is 23.3 Å². The van der Waals surface area contributed by atoms with E-state index in [1.807, 2.05) is 39.0 Å². The van der Waals surface area contributed by atoms with Gasteiger partial charge in [-0.2, -0.15) is 0 Å². The van der Waals surface area contributed by atoms with Crippen LogP contribution in [0.25, 0.3) is 0 Å². The summed E-state index contributed by atoms with van der Waals surface area (Å²) in [7, 11) is 0. The summed E-state index contributed by atoms with van der Waals surface area (Å²) in [6.45, 7) is 7.70. The predicted molar refractivity (Wildman–Crippen MR) is 69.1 cm³/mol. The maximum Gasteiger partial charge on any atom is 0.261 e. The molecule has 0 aliphatic carbocycles. The average molecular weight is 235 g/mol. The van der Waals surface area contributed by atoms with Gasteiger partial charge in [-0.1, -0.05) is 31.5 Å². The number of aryl methyl sites for hydroxylation is 2. The topological polar surface area (TPSA) is 52.3 Å². The summed E-state index contributed by atoms with van der Waals surface area (Å²) in [5.41, 5.74) is 6.56. The van der Waals surface area contributed by atoms with Gasteiger partial charge in [0.15, 0.2) is 5.60 Å². The molecule has 1 unspecified atom stereocenters. The Morgan fingerprint density at radius 3 is 2.29 bits per heavy atom. The smallest absolute Gasteiger partial charge is 0.261 e. The molecular formula is C14H21NO2. The number of benzene rings is 1. The zero-order chi connectivity index (χ0) is 13.1. The molecule has 0 bridgehead atoms. The molecule has 1 aromatic rings. The Morgan fingerprint density at radius 1 is 1.35 bits per heavy atom. The number of carbonyl (C=O) groups is 1. The van der Waals surface area contributed by atoms with Crippen molar-refractivity contribution < 1.29 is 9.53 Å². The maximum absolute atomic E-state index is 11.5. The Hall–Kier alpha value is -1.51. The third-order valence-electron chi connectivity index (χ3n) is 2.98. The average Bonchev–Trinajstić information content (AvgIpc) is 2.24. The molecule has 1 amide bonds. The second-order valence-electron chi connectivity index (χ2n) is 4.67. The minimum absolute atomic E-state index is 0.415. The van der Waals surface area contributed by atoms with Crippen molar-refractivity contribution >= 4 is 5.91 Å². The van der Waals surface area contributed by atoms with Crippen LogP contribution in [0.1, 0.15) is 37.8 Å². The molecule has 1 rings (SSSR count). The summed E-state index contributed by atoms with van der Waals surface area (Å²) in [4.78, 5) is 11.5. The van der Waals surface area contributed by atoms with Crippen LogP contribution in [0.15, 0.2) is 18.2 Å². The zero-order valence-corrected chi connectivity index (χ0v) is 11.0. The molecular weight excluding hydrogens is 214 g/mol. The fourth-order valence-electron chi connectivity index (χ4n) is 1.89. The molecule has 0 aromatic heterocycles. The Labute approximate surface area is 103 Å². The number of primary amides is 1. The van der Waals surface area contributed by atoms with Crippen molar-refractivity contribution in [2.24, 2.45) is 5.73 Å². The lowest BCUT2D eigenvalue weighted by Crippen LogP contribution is -2.46. The molecule has 3 nitrogen and oxygen atoms in total. The molecule has 0 aliphatic rings. The summed E-state index contributed by atoms with van der Waals surface area (Å²) in [6.07, 6.45) is 1.47. The van der Waals surface area contributed by atoms with Gasteiger partial charge >= 0.3 is 0 Å². The lowest BCUT2D eigenvalue weighted by molar-refractivity contribution is -0.132. The van der Waals surface area contributed by atoms with Gasteiger partial charge in [0.25, 0.3) is 5.91 Å². The van der Waals surface area contributed by atoms with Gasteiger partial charge in [0.1, 0.15) is 5.75 Å². The fraction of sp³-hybridized carbons (Fsp3) is 0.500. The van der Waals surface area contributed by atoms with Crippen molar-refractivity contribution in [3.63, 3.8) is 0 Å². The van der Waals surface area contributed by atoms with Crippen LogP contribution in [0.3, 0.4) is 0 Å². The second kappa shape index (κ2) is 5.21. The first-order chi connectivity index (χ1) is 7.90. The quantitative estimate of drug-likeness (QED) is 0.853. The van der Waals surface area contributed by atoms with E-state index >= 15 is 0 Å². The molecule has 1 aromatic carbocycles. The van der Waals surface area contributed by atoms with E-state index < -0.39 is 11.5 Å². The van der Waals surface area contributed by atoms with Crippen molar-refractivity contribution in [3.8, 4) is 5.75 Å². The van der Waals surface area contributed by atoms with Crippen LogP contribution >= 0.6 is 0 Å². The Kier molecular flexibility index (Phi) is 4.16. The van der Waals surface area contributed by atoms with E-state index in [0.29, 0.717) is 6.42 Å². The summed E-state index contributed by atoms with van der Waals surface area (Å²) in [5.74, 6) is 0.351. The number of para-hydroxylation sites is 1. The molecule has 0 saturated carbocycles. The maximum atomic E-state index is 11.5. The lowest BCUT2D eigenvalue weighted by atomic mass is 9.99. The van der Waals surface area contributed by atoms with Crippen LogP contribution in [-0.4, -0.2) is 11.5 Å². The van der Waals surface area contributed by atoms with Crippen LogP contribution < -0.4 is 10.5 Å². The van der Waals surface area contributed by atoms with Crippen molar-refractivity contribution in [3.05, 3.63) is 29.3 Å². The normalized spacial score (nSPS) is 14.1. The molecule has 0 saturated heterocycles. The standard InChI is InChI=1S/C14H21NO2/c1-5-9-14(4,13(15)16)17-12-10(2)7-6-8-11(12)3/h6-8H,5,9H2,1-4H3,(H2,15,16). The first kappa shape index (κ1) is 13.6. The van der Waals surface area contributed by atoms with Gasteiger partial charge in [-0.3, -0.25) is 4.79 Å². The number of nitrogens with two attached hydrogens (primary N) is 1. The second-order valence-corrected chi connectivity index (χ2v) is 4.67. The summed E-state index contributed by atoms with van der Waals surface area (Å²) < 4.78 is 5.89. The van der Waals surface area contributed by atoms with Gasteiger partial charge in [0.05, 0.1) is 0 Å². The number of hydrogen-bond acceptors (Lipinski definition) is 2. The van der Waals surface area contributed by atoms with E-state index in [1.54, 1.807) is 6.92 Å². The third kappa shape index (κ3) is 2.99. The Bertz CT molecular complexity index is 394. The molecule has 3 heteroatoms. The first-order valence-corrected chi connectivity index (χ1v) is 5.96. The molecule has 94 valence electrons. The van der Waals surface area contributed by atoms with Crippen LogP contribution in [0, 0.1) is 13.8 Å². The molecule has 0 radical (unpaired) electrons. The minimum atomic E-state index is -0.925. The van der Waals surface area contributed by atoms with Crippen LogP contribution in [0.2, 0.25) is 0 Å². The number of ether oxygens (including phenoxy) is 1. The fourth-order valence-corrected chi connectivity index (χ4v) is 1.89. The highest BCUT2D eigenvalue weighted by Crippen LogP contribution is 2.28. The van der Waals surface area contributed by atoms with Crippen molar-refractivity contribution in [2.75, 3.05) is 0 Å². The van der Waals surface area contributed by atoms with Crippen LogP contribution in [0.4, 0.5) is 0 Å². The number of rotatable bonds is 5. The van der Waals surface area contributed by atoms with E-state index in [9.17, 15) is 4.79 Å². The molecule has 1 atom stereocenters. The first-order valence-electron chi connectivity index (χ1n) is 5.96. The van der Waals surface area contributed by atoms with Crippen LogP contribution in [0.5, 0.6) is 5.75 Å². The number of amides is 1. The SMILES string of the molecule is CCCC(C)(Oc1c(C)cccc1C)C(N)=O. The highest BCUT2D eigenvalue weighted by molar-refractivity contribution is 5.83. The third-order valence-corrected chi connectivity index (χ3v) is 2.98. The highest BCUT2D eigenvalue weighted by atomic mass is 16.5.